The van der Waals surface area contributed by atoms with Crippen molar-refractivity contribution in [3.63, 3.8) is 0 Å². The highest BCUT2D eigenvalue weighted by molar-refractivity contribution is 4.86. The lowest BCUT2D eigenvalue weighted by Gasteiger charge is -2.11. The molecular weight excluding hydrogens is 250 g/mol. The summed E-state index contributed by atoms with van der Waals surface area (Å²) in [5, 5.41) is 0. The van der Waals surface area contributed by atoms with E-state index in [1.54, 1.807) is 0 Å². The van der Waals surface area contributed by atoms with Crippen LogP contribution in [0.5, 0.6) is 0 Å². The zero-order valence-corrected chi connectivity index (χ0v) is 10.4. The van der Waals surface area contributed by atoms with Crippen LogP contribution in [0.3, 0.4) is 0 Å². The van der Waals surface area contributed by atoms with Crippen LogP contribution in [-0.4, -0.2) is 26.4 Å². The number of ether oxygens (including phenoxy) is 1. The van der Waals surface area contributed by atoms with E-state index >= 15 is 0 Å². The first-order valence-electron chi connectivity index (χ1n) is 5.88. The fourth-order valence-corrected chi connectivity index (χ4v) is 1.79. The molecule has 1 saturated heterocycles. The molecule has 0 aliphatic carbocycles. The average molecular weight is 265 g/mol. The minimum atomic E-state index is -0.650. The summed E-state index contributed by atoms with van der Waals surface area (Å²) >= 11 is 0. The van der Waals surface area contributed by atoms with Crippen LogP contribution < -0.4 is 17.1 Å². The quantitative estimate of drug-likeness (QED) is 0.485. The van der Waals surface area contributed by atoms with E-state index in [1.807, 2.05) is 0 Å². The van der Waals surface area contributed by atoms with Gasteiger partial charge in [-0.3, -0.25) is 0 Å². The molecule has 19 heavy (non-hydrogen) atoms. The molecule has 1 aliphatic heterocycles. The highest BCUT2D eigenvalue weighted by Crippen LogP contribution is 2.08. The van der Waals surface area contributed by atoms with Gasteiger partial charge >= 0.3 is 17.1 Å². The van der Waals surface area contributed by atoms with Crippen LogP contribution in [0.2, 0.25) is 0 Å². The lowest BCUT2D eigenvalue weighted by atomic mass is 10.4. The summed E-state index contributed by atoms with van der Waals surface area (Å²) < 4.78 is 7.98. The Morgan fingerprint density at radius 3 is 1.79 bits per heavy atom. The molecule has 7 nitrogen and oxygen atoms in total. The normalized spacial score (nSPS) is 17.2. The highest BCUT2D eigenvalue weighted by Gasteiger charge is 2.26. The third-order valence-electron chi connectivity index (χ3n) is 2.80. The predicted octanol–water partition coefficient (Wildman–Crippen LogP) is -1.06. The molecule has 2 heterocycles. The van der Waals surface area contributed by atoms with Crippen molar-refractivity contribution in [1.82, 2.24) is 13.7 Å². The number of allylic oxidation sites excluding steroid dienone is 2. The second-order valence-corrected chi connectivity index (χ2v) is 4.21. The Bertz CT molecular complexity index is 627. The molecule has 0 aromatic carbocycles. The third kappa shape index (κ3) is 2.50. The zero-order valence-electron chi connectivity index (χ0n) is 10.4. The van der Waals surface area contributed by atoms with Gasteiger partial charge in [-0.15, -0.1) is 13.2 Å². The summed E-state index contributed by atoms with van der Waals surface area (Å²) in [5.41, 5.74) is -1.92. The fraction of sp³-hybridized carbons (Fsp3) is 0.417. The number of aromatic nitrogens is 3. The Balaban J connectivity index is 2.67. The van der Waals surface area contributed by atoms with E-state index in [0.29, 0.717) is 6.61 Å². The van der Waals surface area contributed by atoms with Gasteiger partial charge in [0, 0.05) is 0 Å². The second kappa shape index (κ2) is 5.23. The summed E-state index contributed by atoms with van der Waals surface area (Å²) in [6.45, 7) is 7.79. The van der Waals surface area contributed by atoms with Crippen molar-refractivity contribution in [2.24, 2.45) is 0 Å². The van der Waals surface area contributed by atoms with E-state index in [2.05, 4.69) is 13.2 Å². The van der Waals surface area contributed by atoms with Crippen LogP contribution in [0.25, 0.3) is 0 Å². The van der Waals surface area contributed by atoms with Crippen LogP contribution in [0.4, 0.5) is 0 Å². The number of epoxide rings is 1. The molecule has 0 saturated carbocycles. The Morgan fingerprint density at radius 1 is 1.00 bits per heavy atom. The third-order valence-corrected chi connectivity index (χ3v) is 2.80. The van der Waals surface area contributed by atoms with E-state index < -0.39 is 17.1 Å². The number of nitrogens with zero attached hydrogens (tertiary/aromatic N) is 3. The van der Waals surface area contributed by atoms with E-state index in [0.717, 1.165) is 13.7 Å². The summed E-state index contributed by atoms with van der Waals surface area (Å²) in [6, 6.07) is 0. The molecule has 1 aliphatic rings. The SMILES string of the molecule is C=CCn1c(=O)n(CC=C)c(=O)n(C[C@@H]2CO2)c1=O. The van der Waals surface area contributed by atoms with Gasteiger partial charge in [-0.2, -0.15) is 0 Å². The lowest BCUT2D eigenvalue weighted by molar-refractivity contribution is 0.362. The molecule has 0 unspecified atom stereocenters. The summed E-state index contributed by atoms with van der Waals surface area (Å²) in [7, 11) is 0. The first-order chi connectivity index (χ1) is 9.10. The molecule has 102 valence electrons. The molecule has 0 N–H and O–H groups in total. The number of hydrogen-bond acceptors (Lipinski definition) is 4. The molecule has 2 rings (SSSR count). The van der Waals surface area contributed by atoms with Crippen LogP contribution in [0.15, 0.2) is 39.7 Å². The zero-order chi connectivity index (χ0) is 14.0. The molecule has 1 aromatic rings. The highest BCUT2D eigenvalue weighted by atomic mass is 16.6. The molecule has 7 heteroatoms. The number of hydrogen-bond donors (Lipinski definition) is 0. The Labute approximate surface area is 108 Å². The van der Waals surface area contributed by atoms with Crippen LogP contribution in [-0.2, 0) is 24.4 Å². The Kier molecular flexibility index (Phi) is 3.66. The molecule has 1 fully saturated rings. The smallest absolute Gasteiger partial charge is 0.336 e. The van der Waals surface area contributed by atoms with Crippen LogP contribution >= 0.6 is 0 Å². The Morgan fingerprint density at radius 2 is 1.42 bits per heavy atom. The van der Waals surface area contributed by atoms with E-state index in [1.165, 1.54) is 12.2 Å². The van der Waals surface area contributed by atoms with Crippen molar-refractivity contribution in [2.75, 3.05) is 6.61 Å². The first-order valence-corrected chi connectivity index (χ1v) is 5.88. The molecular formula is C12H15N3O4. The van der Waals surface area contributed by atoms with Gasteiger partial charge in [-0.05, 0) is 0 Å². The van der Waals surface area contributed by atoms with Gasteiger partial charge in [0.05, 0.1) is 32.3 Å². The number of rotatable bonds is 6. The second-order valence-electron chi connectivity index (χ2n) is 4.21. The van der Waals surface area contributed by atoms with Crippen molar-refractivity contribution >= 4 is 0 Å². The van der Waals surface area contributed by atoms with Crippen molar-refractivity contribution in [3.05, 3.63) is 56.8 Å². The summed E-state index contributed by atoms with van der Waals surface area (Å²) in [6.07, 6.45) is 2.74. The molecule has 1 aromatic heterocycles. The van der Waals surface area contributed by atoms with Gasteiger partial charge in [0.25, 0.3) is 0 Å². The maximum atomic E-state index is 12.1. The van der Waals surface area contributed by atoms with E-state index in [-0.39, 0.29) is 25.7 Å². The Hall–Kier alpha value is -2.15. The van der Waals surface area contributed by atoms with Gasteiger partial charge in [-0.1, -0.05) is 12.2 Å². The van der Waals surface area contributed by atoms with E-state index in [4.69, 9.17) is 4.74 Å². The first kappa shape index (κ1) is 13.3. The topological polar surface area (TPSA) is 78.5 Å². The molecule has 1 atom stereocenters. The van der Waals surface area contributed by atoms with Crippen molar-refractivity contribution in [3.8, 4) is 0 Å². The molecule has 0 spiro atoms. The van der Waals surface area contributed by atoms with Gasteiger partial charge in [0.15, 0.2) is 0 Å². The summed E-state index contributed by atoms with van der Waals surface area (Å²) in [4.78, 5) is 36.2. The molecule has 0 radical (unpaired) electrons. The van der Waals surface area contributed by atoms with Gasteiger partial charge in [0.2, 0.25) is 0 Å². The van der Waals surface area contributed by atoms with Crippen molar-refractivity contribution < 1.29 is 4.74 Å². The molecule has 0 bridgehead atoms. The minimum Gasteiger partial charge on any atom is -0.371 e. The standard InChI is InChI=1S/C12H15N3O4/c1-3-5-13-10(16)14(6-4-2)12(18)15(11(13)17)7-9-8-19-9/h3-4,9H,1-2,5-8H2/t9-/m1/s1. The van der Waals surface area contributed by atoms with Crippen LogP contribution in [0.1, 0.15) is 0 Å². The average Bonchev–Trinajstić information content (AvgIpc) is 3.20. The predicted molar refractivity (Wildman–Crippen MR) is 69.4 cm³/mol. The largest absolute Gasteiger partial charge is 0.371 e. The van der Waals surface area contributed by atoms with Crippen molar-refractivity contribution in [2.45, 2.75) is 25.7 Å². The maximum absolute atomic E-state index is 12.1. The minimum absolute atomic E-state index is 0.0562. The van der Waals surface area contributed by atoms with Gasteiger partial charge in [0.1, 0.15) is 0 Å². The van der Waals surface area contributed by atoms with Gasteiger partial charge < -0.3 is 4.74 Å². The molecule has 0 amide bonds. The lowest BCUT2D eigenvalue weighted by Crippen LogP contribution is -2.54. The maximum Gasteiger partial charge on any atom is 0.336 e. The monoisotopic (exact) mass is 265 g/mol. The van der Waals surface area contributed by atoms with Crippen molar-refractivity contribution in [1.29, 1.82) is 0 Å². The van der Waals surface area contributed by atoms with Gasteiger partial charge in [-0.25, -0.2) is 28.1 Å². The van der Waals surface area contributed by atoms with Crippen LogP contribution in [0, 0.1) is 0 Å². The fourth-order valence-electron chi connectivity index (χ4n) is 1.79. The summed E-state index contributed by atoms with van der Waals surface area (Å²) in [5.74, 6) is 0. The van der Waals surface area contributed by atoms with E-state index in [9.17, 15) is 14.4 Å².